The molecule has 0 aromatic rings. The van der Waals surface area contributed by atoms with Crippen molar-refractivity contribution in [3.8, 4) is 0 Å². The lowest BCUT2D eigenvalue weighted by atomic mass is 9.71. The molecule has 0 amide bonds. The molecule has 0 spiro atoms. The van der Waals surface area contributed by atoms with Crippen LogP contribution in [0.2, 0.25) is 0 Å². The highest BCUT2D eigenvalue weighted by Crippen LogP contribution is 2.53. The lowest BCUT2D eigenvalue weighted by molar-refractivity contribution is -0.00113. The standard InChI is InChI=1S/C13H24O/c1-3-10-6-4-5-7-11(10)12(14)13(2)8-9-13/h10-12,14H,3-9H2,1-2H3. The molecular weight excluding hydrogens is 172 g/mol. The van der Waals surface area contributed by atoms with Crippen molar-refractivity contribution in [1.82, 2.24) is 0 Å². The first-order valence-corrected chi connectivity index (χ1v) is 6.35. The molecule has 0 aromatic heterocycles. The van der Waals surface area contributed by atoms with Crippen LogP contribution in [0.1, 0.15) is 58.8 Å². The number of aliphatic hydroxyl groups is 1. The predicted octanol–water partition coefficient (Wildman–Crippen LogP) is 3.36. The van der Waals surface area contributed by atoms with Gasteiger partial charge in [-0.2, -0.15) is 0 Å². The maximum atomic E-state index is 10.4. The number of hydrogen-bond donors (Lipinski definition) is 1. The molecule has 2 fully saturated rings. The lowest BCUT2D eigenvalue weighted by Gasteiger charge is -2.37. The minimum Gasteiger partial charge on any atom is -0.392 e. The van der Waals surface area contributed by atoms with Crippen molar-refractivity contribution in [3.63, 3.8) is 0 Å². The molecule has 0 saturated heterocycles. The van der Waals surface area contributed by atoms with Gasteiger partial charge in [0, 0.05) is 0 Å². The molecule has 0 aliphatic heterocycles. The van der Waals surface area contributed by atoms with Crippen molar-refractivity contribution >= 4 is 0 Å². The van der Waals surface area contributed by atoms with E-state index in [0.29, 0.717) is 11.3 Å². The second-order valence-corrected chi connectivity index (χ2v) is 5.72. The van der Waals surface area contributed by atoms with Crippen molar-refractivity contribution in [2.75, 3.05) is 0 Å². The Balaban J connectivity index is 1.99. The van der Waals surface area contributed by atoms with Gasteiger partial charge in [-0.1, -0.05) is 39.5 Å². The highest BCUT2D eigenvalue weighted by Gasteiger charge is 2.48. The molecule has 2 saturated carbocycles. The maximum Gasteiger partial charge on any atom is 0.0624 e. The van der Waals surface area contributed by atoms with Crippen LogP contribution >= 0.6 is 0 Å². The van der Waals surface area contributed by atoms with E-state index in [4.69, 9.17) is 0 Å². The average Bonchev–Trinajstić information content (AvgIpc) is 2.97. The number of aliphatic hydroxyl groups excluding tert-OH is 1. The van der Waals surface area contributed by atoms with Crippen LogP contribution in [0.15, 0.2) is 0 Å². The highest BCUT2D eigenvalue weighted by atomic mass is 16.3. The largest absolute Gasteiger partial charge is 0.392 e. The fourth-order valence-corrected chi connectivity index (χ4v) is 3.17. The van der Waals surface area contributed by atoms with Crippen LogP contribution in [-0.4, -0.2) is 11.2 Å². The molecule has 0 aromatic carbocycles. The lowest BCUT2D eigenvalue weighted by Crippen LogP contribution is -2.35. The molecule has 82 valence electrons. The van der Waals surface area contributed by atoms with Gasteiger partial charge < -0.3 is 5.11 Å². The van der Waals surface area contributed by atoms with E-state index < -0.39 is 0 Å². The molecule has 2 aliphatic rings. The van der Waals surface area contributed by atoms with Gasteiger partial charge in [0.1, 0.15) is 0 Å². The topological polar surface area (TPSA) is 20.2 Å². The molecule has 2 rings (SSSR count). The van der Waals surface area contributed by atoms with Crippen molar-refractivity contribution in [2.45, 2.75) is 64.9 Å². The third-order valence-electron chi connectivity index (χ3n) is 4.65. The Morgan fingerprint density at radius 1 is 1.29 bits per heavy atom. The van der Waals surface area contributed by atoms with Gasteiger partial charge >= 0.3 is 0 Å². The van der Waals surface area contributed by atoms with Crippen LogP contribution in [0.4, 0.5) is 0 Å². The zero-order chi connectivity index (χ0) is 10.2. The van der Waals surface area contributed by atoms with E-state index in [1.165, 1.54) is 44.9 Å². The van der Waals surface area contributed by atoms with Gasteiger partial charge in [-0.25, -0.2) is 0 Å². The molecule has 14 heavy (non-hydrogen) atoms. The Hall–Kier alpha value is -0.0400. The molecule has 0 heterocycles. The first kappa shape index (κ1) is 10.5. The van der Waals surface area contributed by atoms with Crippen LogP contribution in [0.5, 0.6) is 0 Å². The minimum absolute atomic E-state index is 0.00671. The van der Waals surface area contributed by atoms with Gasteiger partial charge in [0.05, 0.1) is 6.10 Å². The minimum atomic E-state index is -0.00671. The number of hydrogen-bond acceptors (Lipinski definition) is 1. The van der Waals surface area contributed by atoms with E-state index >= 15 is 0 Å². The third-order valence-corrected chi connectivity index (χ3v) is 4.65. The van der Waals surface area contributed by atoms with Crippen molar-refractivity contribution < 1.29 is 5.11 Å². The molecule has 3 atom stereocenters. The first-order valence-electron chi connectivity index (χ1n) is 6.35. The summed E-state index contributed by atoms with van der Waals surface area (Å²) < 4.78 is 0. The van der Waals surface area contributed by atoms with Crippen LogP contribution in [0.25, 0.3) is 0 Å². The summed E-state index contributed by atoms with van der Waals surface area (Å²) in [5.74, 6) is 1.41. The molecule has 1 heteroatoms. The Bertz CT molecular complexity index is 195. The van der Waals surface area contributed by atoms with E-state index in [2.05, 4.69) is 13.8 Å². The van der Waals surface area contributed by atoms with Gasteiger partial charge in [0.25, 0.3) is 0 Å². The fourth-order valence-electron chi connectivity index (χ4n) is 3.17. The summed E-state index contributed by atoms with van der Waals surface area (Å²) in [5.41, 5.74) is 0.301. The summed E-state index contributed by atoms with van der Waals surface area (Å²) >= 11 is 0. The average molecular weight is 196 g/mol. The Kier molecular flexibility index (Phi) is 2.88. The van der Waals surface area contributed by atoms with Gasteiger partial charge in [0.15, 0.2) is 0 Å². The summed E-state index contributed by atoms with van der Waals surface area (Å²) in [6.45, 7) is 4.55. The second kappa shape index (κ2) is 3.84. The number of rotatable bonds is 3. The summed E-state index contributed by atoms with van der Waals surface area (Å²) in [4.78, 5) is 0. The van der Waals surface area contributed by atoms with E-state index in [0.717, 1.165) is 5.92 Å². The summed E-state index contributed by atoms with van der Waals surface area (Å²) in [6, 6.07) is 0. The molecule has 0 bridgehead atoms. The SMILES string of the molecule is CCC1CCCCC1C(O)C1(C)CC1. The molecule has 1 N–H and O–H groups in total. The smallest absolute Gasteiger partial charge is 0.0624 e. The van der Waals surface area contributed by atoms with Gasteiger partial charge in [-0.05, 0) is 36.5 Å². The van der Waals surface area contributed by atoms with Crippen molar-refractivity contribution in [1.29, 1.82) is 0 Å². The molecule has 0 radical (unpaired) electrons. The monoisotopic (exact) mass is 196 g/mol. The summed E-state index contributed by atoms with van der Waals surface area (Å²) in [6.07, 6.45) is 9.11. The van der Waals surface area contributed by atoms with E-state index in [-0.39, 0.29) is 6.10 Å². The van der Waals surface area contributed by atoms with Crippen LogP contribution in [0.3, 0.4) is 0 Å². The van der Waals surface area contributed by atoms with Crippen molar-refractivity contribution in [3.05, 3.63) is 0 Å². The zero-order valence-electron chi connectivity index (χ0n) is 9.63. The zero-order valence-corrected chi connectivity index (χ0v) is 9.63. The predicted molar refractivity (Wildman–Crippen MR) is 59.1 cm³/mol. The summed E-state index contributed by atoms with van der Waals surface area (Å²) in [7, 11) is 0. The molecular formula is C13H24O. The van der Waals surface area contributed by atoms with Crippen LogP contribution < -0.4 is 0 Å². The molecule has 3 unspecified atom stereocenters. The van der Waals surface area contributed by atoms with Crippen LogP contribution in [-0.2, 0) is 0 Å². The van der Waals surface area contributed by atoms with Gasteiger partial charge in [-0.15, -0.1) is 0 Å². The quantitative estimate of drug-likeness (QED) is 0.734. The maximum absolute atomic E-state index is 10.4. The fraction of sp³-hybridized carbons (Fsp3) is 1.00. The van der Waals surface area contributed by atoms with Gasteiger partial charge in [0.2, 0.25) is 0 Å². The molecule has 1 nitrogen and oxygen atoms in total. The third kappa shape index (κ3) is 1.84. The van der Waals surface area contributed by atoms with E-state index in [1.54, 1.807) is 0 Å². The second-order valence-electron chi connectivity index (χ2n) is 5.72. The first-order chi connectivity index (χ1) is 6.67. The summed E-state index contributed by atoms with van der Waals surface area (Å²) in [5, 5.41) is 10.4. The highest BCUT2D eigenvalue weighted by molar-refractivity contribution is 4.99. The Morgan fingerprint density at radius 2 is 1.93 bits per heavy atom. The Morgan fingerprint density at radius 3 is 2.50 bits per heavy atom. The Labute approximate surface area is 87.9 Å². The van der Waals surface area contributed by atoms with Crippen molar-refractivity contribution in [2.24, 2.45) is 17.3 Å². The van der Waals surface area contributed by atoms with E-state index in [1.807, 2.05) is 0 Å². The van der Waals surface area contributed by atoms with Crippen LogP contribution in [0, 0.1) is 17.3 Å². The normalized spacial score (nSPS) is 37.9. The molecule has 2 aliphatic carbocycles. The van der Waals surface area contributed by atoms with Gasteiger partial charge in [-0.3, -0.25) is 0 Å². The van der Waals surface area contributed by atoms with E-state index in [9.17, 15) is 5.11 Å².